The highest BCUT2D eigenvalue weighted by molar-refractivity contribution is 5.93. The van der Waals surface area contributed by atoms with Gasteiger partial charge in [-0.1, -0.05) is 27.4 Å². The Labute approximate surface area is 200 Å². The zero-order valence-corrected chi connectivity index (χ0v) is 20.9. The number of halogens is 1. The maximum atomic E-state index is 14.7. The highest BCUT2D eigenvalue weighted by Crippen LogP contribution is 2.49. The molecule has 5 rings (SSSR count). The Bertz CT molecular complexity index is 1270. The summed E-state index contributed by atoms with van der Waals surface area (Å²) in [6.45, 7) is 14.6. The van der Waals surface area contributed by atoms with Gasteiger partial charge in [-0.3, -0.25) is 4.79 Å². The lowest BCUT2D eigenvalue weighted by Crippen LogP contribution is -2.34. The number of hydrogen-bond acceptors (Lipinski definition) is 5. The van der Waals surface area contributed by atoms with E-state index in [4.69, 9.17) is 9.72 Å². The lowest BCUT2D eigenvalue weighted by molar-refractivity contribution is -0.119. The van der Waals surface area contributed by atoms with Crippen molar-refractivity contribution >= 4 is 22.9 Å². The number of methoxy groups -OCH3 is 1. The Morgan fingerprint density at radius 2 is 2.09 bits per heavy atom. The molecule has 180 valence electrons. The first-order chi connectivity index (χ1) is 16.2. The summed E-state index contributed by atoms with van der Waals surface area (Å²) in [6.07, 6.45) is 4.15. The second-order valence-corrected chi connectivity index (χ2v) is 9.30. The van der Waals surface area contributed by atoms with Crippen molar-refractivity contribution in [2.75, 3.05) is 13.7 Å². The molecule has 0 saturated heterocycles. The van der Waals surface area contributed by atoms with Gasteiger partial charge in [0.05, 0.1) is 30.1 Å². The number of aliphatic hydroxyl groups is 1. The minimum absolute atomic E-state index is 0.224. The molecule has 1 unspecified atom stereocenters. The molecule has 2 aliphatic heterocycles. The van der Waals surface area contributed by atoms with E-state index in [0.717, 1.165) is 40.7 Å². The first kappa shape index (κ1) is 24.3. The quantitative estimate of drug-likeness (QED) is 0.620. The second-order valence-electron chi connectivity index (χ2n) is 9.30. The number of aldehydes is 1. The molecule has 1 aromatic carbocycles. The normalized spacial score (nSPS) is 20.4. The van der Waals surface area contributed by atoms with Crippen LogP contribution in [0.5, 0.6) is 0 Å². The molecule has 0 saturated carbocycles. The summed E-state index contributed by atoms with van der Waals surface area (Å²) in [5, 5.41) is 11.9. The van der Waals surface area contributed by atoms with Gasteiger partial charge in [-0.25, -0.2) is 9.37 Å². The topological polar surface area (TPSA) is 62.7 Å². The van der Waals surface area contributed by atoms with Crippen LogP contribution in [0.4, 0.5) is 4.39 Å². The summed E-state index contributed by atoms with van der Waals surface area (Å²) in [4.78, 5) is 18.7. The van der Waals surface area contributed by atoms with Crippen LogP contribution in [0.1, 0.15) is 68.0 Å². The van der Waals surface area contributed by atoms with Gasteiger partial charge in [0, 0.05) is 41.0 Å². The molecule has 0 spiro atoms. The molecule has 3 aliphatic rings. The van der Waals surface area contributed by atoms with Crippen molar-refractivity contribution in [3.8, 4) is 0 Å². The van der Waals surface area contributed by atoms with Crippen LogP contribution in [0.3, 0.4) is 0 Å². The molecule has 1 N–H and O–H groups in total. The maximum Gasteiger partial charge on any atom is 0.155 e. The fourth-order valence-corrected chi connectivity index (χ4v) is 5.50. The highest BCUT2D eigenvalue weighted by atomic mass is 19.1. The molecule has 5 nitrogen and oxygen atoms in total. The van der Waals surface area contributed by atoms with Crippen molar-refractivity contribution in [1.29, 1.82) is 0 Å². The molecule has 2 aromatic rings. The minimum Gasteiger partial charge on any atom is -0.380 e. The van der Waals surface area contributed by atoms with Gasteiger partial charge in [-0.15, -0.1) is 0 Å². The molecule has 2 atom stereocenters. The molecule has 0 radical (unpaired) electrons. The van der Waals surface area contributed by atoms with Crippen LogP contribution in [0.25, 0.3) is 16.6 Å². The first-order valence-corrected chi connectivity index (χ1v) is 11.9. The van der Waals surface area contributed by atoms with E-state index in [-0.39, 0.29) is 12.4 Å². The number of fused-ring (bicyclic) bond motifs is 4. The van der Waals surface area contributed by atoms with Crippen LogP contribution >= 0.6 is 0 Å². The average molecular weight is 465 g/mol. The third-order valence-corrected chi connectivity index (χ3v) is 7.26. The molecule has 1 aliphatic carbocycles. The standard InChI is InChI=1S/C26H27FN2O3.C2H6/c1-13-6-7-16-14(2)20(27)9-21-24(16)23(13)17-10-29-15(3)18(11-32-5)19(26(4,31)12-30)8-22(29)25(17)28-21;1-2/h8-9,12-13,31H,3,6-7,10-11H2,1-2,4-5H3;1-2H3/t13?,26-;/m1./s1. The molecule has 0 amide bonds. The van der Waals surface area contributed by atoms with Crippen LogP contribution in [0.2, 0.25) is 0 Å². The number of aromatic nitrogens is 1. The van der Waals surface area contributed by atoms with Crippen molar-refractivity contribution in [2.45, 2.75) is 65.5 Å². The van der Waals surface area contributed by atoms with Crippen LogP contribution in [-0.2, 0) is 22.5 Å². The number of carbonyl (C=O) groups excluding carboxylic acids is 1. The van der Waals surface area contributed by atoms with E-state index in [1.165, 1.54) is 18.6 Å². The number of carbonyl (C=O) groups is 1. The SMILES string of the molecule is C=C1C(COC)=C([C@](C)(O)C=O)C=C2c3nc4cc(F)c(C)c5c4c(c3CN12)C(C)CC5.CC. The predicted octanol–water partition coefficient (Wildman–Crippen LogP) is 5.33. The van der Waals surface area contributed by atoms with Gasteiger partial charge in [0.2, 0.25) is 0 Å². The zero-order chi connectivity index (χ0) is 24.9. The Kier molecular flexibility index (Phi) is 6.25. The van der Waals surface area contributed by atoms with E-state index in [0.29, 0.717) is 46.7 Å². The fourth-order valence-electron chi connectivity index (χ4n) is 5.50. The average Bonchev–Trinajstić information content (AvgIpc) is 3.19. The summed E-state index contributed by atoms with van der Waals surface area (Å²) in [7, 11) is 1.57. The third kappa shape index (κ3) is 3.43. The van der Waals surface area contributed by atoms with Gasteiger partial charge in [-0.05, 0) is 55.4 Å². The van der Waals surface area contributed by atoms with E-state index in [1.54, 1.807) is 7.11 Å². The number of pyridine rings is 1. The monoisotopic (exact) mass is 464 g/mol. The molecule has 34 heavy (non-hydrogen) atoms. The smallest absolute Gasteiger partial charge is 0.155 e. The minimum atomic E-state index is -1.69. The van der Waals surface area contributed by atoms with Gasteiger partial charge in [0.25, 0.3) is 0 Å². The Balaban J connectivity index is 0.00000133. The van der Waals surface area contributed by atoms with Crippen LogP contribution in [0, 0.1) is 12.7 Å². The fraction of sp³-hybridized carbons (Fsp3) is 0.429. The Morgan fingerprint density at radius 1 is 1.38 bits per heavy atom. The number of benzene rings is 1. The second kappa shape index (κ2) is 8.75. The van der Waals surface area contributed by atoms with Crippen molar-refractivity contribution in [3.63, 3.8) is 0 Å². The van der Waals surface area contributed by atoms with Crippen molar-refractivity contribution in [1.82, 2.24) is 9.88 Å². The van der Waals surface area contributed by atoms with Gasteiger partial charge in [0.1, 0.15) is 11.4 Å². The first-order valence-electron chi connectivity index (χ1n) is 11.9. The lowest BCUT2D eigenvalue weighted by Gasteiger charge is -2.33. The van der Waals surface area contributed by atoms with Crippen molar-refractivity contribution in [2.24, 2.45) is 0 Å². The number of ether oxygens (including phenoxy) is 1. The zero-order valence-electron chi connectivity index (χ0n) is 20.9. The summed E-state index contributed by atoms with van der Waals surface area (Å²) in [5.74, 6) is 0.0926. The Hall–Kier alpha value is -2.83. The van der Waals surface area contributed by atoms with Crippen LogP contribution < -0.4 is 0 Å². The predicted molar refractivity (Wildman–Crippen MR) is 133 cm³/mol. The number of rotatable bonds is 4. The summed E-state index contributed by atoms with van der Waals surface area (Å²) in [6, 6.07) is 1.53. The molecular formula is C28H33FN2O3. The van der Waals surface area contributed by atoms with Gasteiger partial charge >= 0.3 is 0 Å². The maximum absolute atomic E-state index is 14.7. The number of nitrogens with zero attached hydrogens (tertiary/aromatic N) is 2. The van der Waals surface area contributed by atoms with Gasteiger partial charge < -0.3 is 14.7 Å². The molecule has 3 heterocycles. The Morgan fingerprint density at radius 3 is 2.74 bits per heavy atom. The van der Waals surface area contributed by atoms with E-state index in [1.807, 2.05) is 26.8 Å². The number of hydrogen-bond donors (Lipinski definition) is 1. The largest absolute Gasteiger partial charge is 0.380 e. The molecule has 1 aromatic heterocycles. The van der Waals surface area contributed by atoms with E-state index in [2.05, 4.69) is 18.4 Å². The van der Waals surface area contributed by atoms with E-state index < -0.39 is 5.60 Å². The summed E-state index contributed by atoms with van der Waals surface area (Å²) in [5.41, 5.74) is 6.47. The summed E-state index contributed by atoms with van der Waals surface area (Å²) < 4.78 is 20.1. The van der Waals surface area contributed by atoms with E-state index in [9.17, 15) is 14.3 Å². The van der Waals surface area contributed by atoms with Crippen molar-refractivity contribution < 1.29 is 19.0 Å². The van der Waals surface area contributed by atoms with Gasteiger partial charge in [-0.2, -0.15) is 0 Å². The van der Waals surface area contributed by atoms with Crippen LogP contribution in [0.15, 0.2) is 35.6 Å². The lowest BCUT2D eigenvalue weighted by atomic mass is 9.79. The highest BCUT2D eigenvalue weighted by Gasteiger charge is 2.40. The molecule has 0 fully saturated rings. The molecule has 0 bridgehead atoms. The molecular weight excluding hydrogens is 431 g/mol. The van der Waals surface area contributed by atoms with Gasteiger partial charge in [0.15, 0.2) is 6.29 Å². The third-order valence-electron chi connectivity index (χ3n) is 7.26. The molecule has 6 heteroatoms. The number of aryl methyl sites for hydroxylation is 1. The van der Waals surface area contributed by atoms with E-state index >= 15 is 0 Å². The van der Waals surface area contributed by atoms with Crippen molar-refractivity contribution in [3.05, 3.63) is 69.3 Å². The van der Waals surface area contributed by atoms with Crippen LogP contribution in [-0.4, -0.2) is 40.6 Å². The summed E-state index contributed by atoms with van der Waals surface area (Å²) >= 11 is 0.